The Morgan fingerprint density at radius 2 is 2.04 bits per heavy atom. The number of rotatable bonds is 6. The van der Waals surface area contributed by atoms with E-state index in [1.165, 1.54) is 11.3 Å². The number of benzene rings is 1. The van der Waals surface area contributed by atoms with Crippen LogP contribution in [0.3, 0.4) is 0 Å². The van der Waals surface area contributed by atoms with Crippen molar-refractivity contribution in [2.45, 2.75) is 32.5 Å². The van der Waals surface area contributed by atoms with Crippen molar-refractivity contribution in [1.82, 2.24) is 19.2 Å². The Labute approximate surface area is 158 Å². The van der Waals surface area contributed by atoms with E-state index in [1.807, 2.05) is 0 Å². The van der Waals surface area contributed by atoms with Gasteiger partial charge in [0.2, 0.25) is 0 Å². The lowest BCUT2D eigenvalue weighted by atomic mass is 10.1. The molecule has 1 aliphatic heterocycles. The van der Waals surface area contributed by atoms with Gasteiger partial charge in [-0.2, -0.15) is 0 Å². The number of aliphatic hydroxyl groups is 1. The Balaban J connectivity index is 1.45. The summed E-state index contributed by atoms with van der Waals surface area (Å²) in [4.78, 5) is 10.8. The minimum absolute atomic E-state index is 0.240. The molecule has 4 rings (SSSR count). The van der Waals surface area contributed by atoms with E-state index in [0.717, 1.165) is 49.8 Å². The van der Waals surface area contributed by atoms with Crippen LogP contribution in [0.1, 0.15) is 23.4 Å². The zero-order valence-electron chi connectivity index (χ0n) is 15.2. The Morgan fingerprint density at radius 3 is 2.85 bits per heavy atom. The van der Waals surface area contributed by atoms with Crippen LogP contribution in [0.4, 0.5) is 0 Å². The molecule has 1 aromatic carbocycles. The van der Waals surface area contributed by atoms with Gasteiger partial charge in [0.25, 0.3) is 0 Å². The SMILES string of the molecule is Cc1nc2sccn2c1CN1CCN(Cc2ccccc2)C(CCO)C1. The maximum absolute atomic E-state index is 9.55. The van der Waals surface area contributed by atoms with Crippen molar-refractivity contribution >= 4 is 16.3 Å². The molecule has 1 fully saturated rings. The molecule has 138 valence electrons. The molecule has 1 saturated heterocycles. The summed E-state index contributed by atoms with van der Waals surface area (Å²) in [5.41, 5.74) is 3.76. The summed E-state index contributed by atoms with van der Waals surface area (Å²) in [7, 11) is 0. The number of hydrogen-bond donors (Lipinski definition) is 1. The maximum Gasteiger partial charge on any atom is 0.194 e. The van der Waals surface area contributed by atoms with Gasteiger partial charge in [-0.1, -0.05) is 30.3 Å². The second kappa shape index (κ2) is 7.88. The van der Waals surface area contributed by atoms with E-state index in [2.05, 4.69) is 68.0 Å². The zero-order valence-corrected chi connectivity index (χ0v) is 16.0. The van der Waals surface area contributed by atoms with Gasteiger partial charge in [-0.3, -0.25) is 14.2 Å². The number of piperazine rings is 1. The molecule has 0 radical (unpaired) electrons. The molecule has 1 aliphatic rings. The van der Waals surface area contributed by atoms with Gasteiger partial charge in [0.15, 0.2) is 4.96 Å². The van der Waals surface area contributed by atoms with Crippen LogP contribution in [0.2, 0.25) is 0 Å². The van der Waals surface area contributed by atoms with Gasteiger partial charge in [0.05, 0.1) is 11.4 Å². The fourth-order valence-corrected chi connectivity index (χ4v) is 4.67. The lowest BCUT2D eigenvalue weighted by Gasteiger charge is -2.41. The van der Waals surface area contributed by atoms with E-state index < -0.39 is 0 Å². The molecule has 1 atom stereocenters. The van der Waals surface area contributed by atoms with Gasteiger partial charge in [-0.15, -0.1) is 11.3 Å². The predicted octanol–water partition coefficient (Wildman–Crippen LogP) is 2.77. The predicted molar refractivity (Wildman–Crippen MR) is 105 cm³/mol. The highest BCUT2D eigenvalue weighted by Crippen LogP contribution is 2.22. The first-order valence-electron chi connectivity index (χ1n) is 9.27. The maximum atomic E-state index is 9.55. The van der Waals surface area contributed by atoms with Gasteiger partial charge >= 0.3 is 0 Å². The third-order valence-electron chi connectivity index (χ3n) is 5.31. The standard InChI is InChI=1S/C20H26N4OS/c1-16-19(24-10-12-26-20(24)21-16)15-22-8-9-23(18(14-22)7-11-25)13-17-5-3-2-4-6-17/h2-6,10,12,18,25H,7-9,11,13-15H2,1H3. The molecule has 26 heavy (non-hydrogen) atoms. The van der Waals surface area contributed by atoms with Crippen molar-refractivity contribution in [1.29, 1.82) is 0 Å². The smallest absolute Gasteiger partial charge is 0.194 e. The molecule has 0 bridgehead atoms. The number of fused-ring (bicyclic) bond motifs is 1. The average molecular weight is 371 g/mol. The molecule has 0 aliphatic carbocycles. The Bertz CT molecular complexity index is 844. The van der Waals surface area contributed by atoms with Crippen LogP contribution in [0.5, 0.6) is 0 Å². The number of hydrogen-bond acceptors (Lipinski definition) is 5. The van der Waals surface area contributed by atoms with Crippen LogP contribution >= 0.6 is 11.3 Å². The van der Waals surface area contributed by atoms with Gasteiger partial charge in [-0.25, -0.2) is 4.98 Å². The summed E-state index contributed by atoms with van der Waals surface area (Å²) in [6.45, 7) is 7.29. The van der Waals surface area contributed by atoms with Gasteiger partial charge in [0, 0.05) is 56.9 Å². The second-order valence-electron chi connectivity index (χ2n) is 7.06. The van der Waals surface area contributed by atoms with Crippen molar-refractivity contribution in [3.05, 3.63) is 58.9 Å². The molecule has 1 N–H and O–H groups in total. The van der Waals surface area contributed by atoms with Crippen LogP contribution in [-0.2, 0) is 13.1 Å². The fourth-order valence-electron chi connectivity index (χ4n) is 3.89. The van der Waals surface area contributed by atoms with E-state index >= 15 is 0 Å². The van der Waals surface area contributed by atoms with E-state index in [-0.39, 0.29) is 6.61 Å². The first-order valence-corrected chi connectivity index (χ1v) is 10.1. The van der Waals surface area contributed by atoms with Crippen molar-refractivity contribution in [3.63, 3.8) is 0 Å². The monoisotopic (exact) mass is 370 g/mol. The third-order valence-corrected chi connectivity index (χ3v) is 6.07. The highest BCUT2D eigenvalue weighted by atomic mass is 32.1. The largest absolute Gasteiger partial charge is 0.396 e. The summed E-state index contributed by atoms with van der Waals surface area (Å²) in [6, 6.07) is 11.0. The van der Waals surface area contributed by atoms with Crippen LogP contribution in [0, 0.1) is 6.92 Å². The summed E-state index contributed by atoms with van der Waals surface area (Å²) >= 11 is 1.69. The van der Waals surface area contributed by atoms with Gasteiger partial charge in [-0.05, 0) is 18.9 Å². The Hall–Kier alpha value is -1.73. The molecule has 0 saturated carbocycles. The highest BCUT2D eigenvalue weighted by molar-refractivity contribution is 7.15. The van der Waals surface area contributed by atoms with Gasteiger partial charge < -0.3 is 5.11 Å². The van der Waals surface area contributed by atoms with E-state index in [9.17, 15) is 5.11 Å². The van der Waals surface area contributed by atoms with Crippen molar-refractivity contribution in [2.24, 2.45) is 0 Å². The topological polar surface area (TPSA) is 44.0 Å². The Kier molecular flexibility index (Phi) is 5.36. The first-order chi connectivity index (χ1) is 12.7. The molecule has 2 aromatic heterocycles. The third kappa shape index (κ3) is 3.69. The van der Waals surface area contributed by atoms with Crippen molar-refractivity contribution in [2.75, 3.05) is 26.2 Å². The first kappa shape index (κ1) is 17.7. The Morgan fingerprint density at radius 1 is 1.19 bits per heavy atom. The van der Waals surface area contributed by atoms with E-state index in [0.29, 0.717) is 6.04 Å². The van der Waals surface area contributed by atoms with Crippen LogP contribution in [-0.4, -0.2) is 56.6 Å². The molecule has 6 heteroatoms. The molecule has 3 heterocycles. The molecule has 0 spiro atoms. The number of aromatic nitrogens is 2. The molecule has 0 amide bonds. The van der Waals surface area contributed by atoms with Crippen molar-refractivity contribution in [3.8, 4) is 0 Å². The highest BCUT2D eigenvalue weighted by Gasteiger charge is 2.27. The molecular weight excluding hydrogens is 344 g/mol. The number of nitrogens with zero attached hydrogens (tertiary/aromatic N) is 4. The second-order valence-corrected chi connectivity index (χ2v) is 7.93. The summed E-state index contributed by atoms with van der Waals surface area (Å²) in [5, 5.41) is 11.6. The molecule has 5 nitrogen and oxygen atoms in total. The van der Waals surface area contributed by atoms with Crippen molar-refractivity contribution < 1.29 is 5.11 Å². The van der Waals surface area contributed by atoms with E-state index in [4.69, 9.17) is 0 Å². The summed E-state index contributed by atoms with van der Waals surface area (Å²) in [5.74, 6) is 0. The van der Waals surface area contributed by atoms with Crippen LogP contribution in [0.25, 0.3) is 4.96 Å². The number of aryl methyl sites for hydroxylation is 1. The minimum Gasteiger partial charge on any atom is -0.396 e. The number of thiazole rings is 1. The number of aliphatic hydroxyl groups excluding tert-OH is 1. The number of imidazole rings is 1. The minimum atomic E-state index is 0.240. The van der Waals surface area contributed by atoms with Crippen LogP contribution in [0.15, 0.2) is 41.9 Å². The summed E-state index contributed by atoms with van der Waals surface area (Å²) in [6.07, 6.45) is 2.94. The van der Waals surface area contributed by atoms with E-state index in [1.54, 1.807) is 11.3 Å². The average Bonchev–Trinajstić information content (AvgIpc) is 3.21. The lowest BCUT2D eigenvalue weighted by Crippen LogP contribution is -2.52. The zero-order chi connectivity index (χ0) is 17.9. The van der Waals surface area contributed by atoms with Crippen LogP contribution < -0.4 is 0 Å². The summed E-state index contributed by atoms with van der Waals surface area (Å²) < 4.78 is 2.22. The lowest BCUT2D eigenvalue weighted by molar-refractivity contribution is 0.0492. The fraction of sp³-hybridized carbons (Fsp3) is 0.450. The normalized spacial score (nSPS) is 19.4. The quantitative estimate of drug-likeness (QED) is 0.725. The molecule has 3 aromatic rings. The molecule has 1 unspecified atom stereocenters. The van der Waals surface area contributed by atoms with Gasteiger partial charge in [0.1, 0.15) is 0 Å². The molecular formula is C20H26N4OS.